The number of allylic oxidation sites excluding steroid dienone is 4. The molecule has 0 nitrogen and oxygen atoms in total. The summed E-state index contributed by atoms with van der Waals surface area (Å²) in [7, 11) is 0. The van der Waals surface area contributed by atoms with Crippen LogP contribution in [0.2, 0.25) is 0 Å². The molecule has 0 spiro atoms. The third-order valence-electron chi connectivity index (χ3n) is 17.4. The van der Waals surface area contributed by atoms with E-state index in [4.69, 9.17) is 0 Å². The fraction of sp³-hybridized carbons (Fsp3) is 0.0380. The average Bonchev–Trinajstić information content (AvgIpc) is 4.40. The molecule has 12 aromatic rings. The van der Waals surface area contributed by atoms with Crippen LogP contribution in [0.5, 0.6) is 0 Å². The van der Waals surface area contributed by atoms with Gasteiger partial charge in [-0.25, -0.2) is 0 Å². The molecule has 0 radical (unpaired) electrons. The molecule has 83 heavy (non-hydrogen) atoms. The van der Waals surface area contributed by atoms with Crippen LogP contribution in [-0.2, 0) is 19.5 Å². The fourth-order valence-electron chi connectivity index (χ4n) is 13.7. The van der Waals surface area contributed by atoms with E-state index in [1.165, 1.54) is 84.8 Å². The number of hydrogen-bond acceptors (Lipinski definition) is 0. The van der Waals surface area contributed by atoms with E-state index in [2.05, 4.69) is 376 Å². The first-order valence-corrected chi connectivity index (χ1v) is 29.2. The maximum Gasteiger partial charge on any atom is 3.00 e. The first-order valence-electron chi connectivity index (χ1n) is 29.2. The molecule has 4 heteroatoms. The monoisotopic (exact) mass is 1150 g/mol. The molecule has 0 aromatic heterocycles. The summed E-state index contributed by atoms with van der Waals surface area (Å²) in [4.78, 5) is 0. The van der Waals surface area contributed by atoms with Crippen LogP contribution in [-0.4, -0.2) is 18.4 Å². The molecule has 0 N–H and O–H groups in total. The molecular formula is C79H68B3Rh. The van der Waals surface area contributed by atoms with Gasteiger partial charge in [0.05, 0.1) is 0 Å². The van der Waals surface area contributed by atoms with Crippen molar-refractivity contribution in [3.8, 4) is 0 Å². The van der Waals surface area contributed by atoms with Gasteiger partial charge in [-0.2, -0.15) is 65.6 Å². The van der Waals surface area contributed by atoms with E-state index in [1.54, 1.807) is 11.1 Å². The molecule has 2 aliphatic carbocycles. The largest absolute Gasteiger partial charge is 3.00 e. The van der Waals surface area contributed by atoms with E-state index < -0.39 is 18.4 Å². The van der Waals surface area contributed by atoms with Crippen molar-refractivity contribution < 1.29 is 19.5 Å². The Balaban J connectivity index is 0.000000130. The Labute approximate surface area is 506 Å². The van der Waals surface area contributed by atoms with Crippen LogP contribution in [0.3, 0.4) is 0 Å². The zero-order chi connectivity index (χ0) is 55.5. The Morgan fingerprint density at radius 3 is 0.337 bits per heavy atom. The van der Waals surface area contributed by atoms with Gasteiger partial charge in [-0.3, -0.25) is 0 Å². The van der Waals surface area contributed by atoms with Crippen molar-refractivity contribution in [2.24, 2.45) is 0 Å². The third-order valence-corrected chi connectivity index (χ3v) is 17.4. The van der Waals surface area contributed by atoms with Crippen molar-refractivity contribution in [2.45, 2.75) is 19.3 Å². The van der Waals surface area contributed by atoms with Gasteiger partial charge in [0.1, 0.15) is 18.4 Å². The molecule has 402 valence electrons. The van der Waals surface area contributed by atoms with Crippen LogP contribution in [0.1, 0.15) is 19.3 Å². The summed E-state index contributed by atoms with van der Waals surface area (Å²) in [5, 5.41) is 0. The van der Waals surface area contributed by atoms with E-state index in [0.29, 0.717) is 0 Å². The summed E-state index contributed by atoms with van der Waals surface area (Å²) in [6, 6.07) is 131. The Morgan fingerprint density at radius 1 is 0.157 bits per heavy atom. The topological polar surface area (TPSA) is 0 Å². The molecule has 0 unspecified atom stereocenters. The van der Waals surface area contributed by atoms with Gasteiger partial charge in [0.15, 0.2) is 0 Å². The molecule has 1 saturated carbocycles. The van der Waals surface area contributed by atoms with Crippen molar-refractivity contribution in [2.75, 3.05) is 0 Å². The minimum absolute atomic E-state index is 0. The second kappa shape index (κ2) is 28.1. The SMILES string of the molecule is C1=C2CCC(=C1)C2.[Rh+3].c1ccc([B-](c2ccccc2)(c2ccccc2)c2ccccc2)cc1.c1ccc([B-](c2ccccc2)(c2ccccc2)c2ccccc2)cc1.c1ccc([B-](c2ccccc2)(c2ccccc2)c2ccccc2)cc1. The van der Waals surface area contributed by atoms with Gasteiger partial charge in [0, 0.05) is 0 Å². The van der Waals surface area contributed by atoms with Gasteiger partial charge in [0.2, 0.25) is 0 Å². The smallest absolute Gasteiger partial charge is 0.195 e. The van der Waals surface area contributed by atoms with Crippen LogP contribution in [0, 0.1) is 0 Å². The molecule has 2 aliphatic rings. The second-order valence-corrected chi connectivity index (χ2v) is 21.9. The van der Waals surface area contributed by atoms with Crippen LogP contribution < -0.4 is 65.6 Å². The molecule has 0 amide bonds. The fourth-order valence-corrected chi connectivity index (χ4v) is 13.7. The molecule has 2 bridgehead atoms. The second-order valence-electron chi connectivity index (χ2n) is 21.9. The average molecular weight is 1150 g/mol. The molecule has 0 aliphatic heterocycles. The van der Waals surface area contributed by atoms with Gasteiger partial charge < -0.3 is 0 Å². The summed E-state index contributed by atoms with van der Waals surface area (Å²) >= 11 is 0. The van der Waals surface area contributed by atoms with Crippen LogP contribution in [0.15, 0.2) is 387 Å². The number of benzene rings is 12. The van der Waals surface area contributed by atoms with Crippen LogP contribution in [0.25, 0.3) is 0 Å². The summed E-state index contributed by atoms with van der Waals surface area (Å²) in [5.41, 5.74) is 19.4. The summed E-state index contributed by atoms with van der Waals surface area (Å²) in [6.07, 6.45) is 4.89. The van der Waals surface area contributed by atoms with Crippen molar-refractivity contribution in [1.82, 2.24) is 0 Å². The number of fused-ring (bicyclic) bond motifs is 2. The minimum atomic E-state index is -1.22. The minimum Gasteiger partial charge on any atom is -0.195 e. The third kappa shape index (κ3) is 12.3. The Morgan fingerprint density at radius 2 is 0.265 bits per heavy atom. The molecule has 14 rings (SSSR count). The van der Waals surface area contributed by atoms with Gasteiger partial charge in [-0.15, -0.1) is 0 Å². The van der Waals surface area contributed by atoms with Gasteiger partial charge in [-0.05, 0) is 19.3 Å². The predicted octanol–water partition coefficient (Wildman–Crippen LogP) is 11.2. The summed E-state index contributed by atoms with van der Waals surface area (Å²) in [6.45, 7) is 0. The predicted molar refractivity (Wildman–Crippen MR) is 360 cm³/mol. The van der Waals surface area contributed by atoms with E-state index in [0.717, 1.165) is 0 Å². The van der Waals surface area contributed by atoms with Gasteiger partial charge in [-0.1, -0.05) is 387 Å². The van der Waals surface area contributed by atoms with Crippen molar-refractivity contribution >= 4 is 84.0 Å². The Hall–Kier alpha value is -9.06. The van der Waals surface area contributed by atoms with E-state index in [1.807, 2.05) is 0 Å². The van der Waals surface area contributed by atoms with E-state index in [9.17, 15) is 0 Å². The molecule has 0 heterocycles. The zero-order valence-corrected chi connectivity index (χ0v) is 48.6. The van der Waals surface area contributed by atoms with E-state index >= 15 is 0 Å². The molecule has 0 atom stereocenters. The van der Waals surface area contributed by atoms with Crippen molar-refractivity contribution in [3.63, 3.8) is 0 Å². The molecule has 1 fully saturated rings. The first kappa shape index (κ1) is 57.2. The Bertz CT molecular complexity index is 2980. The van der Waals surface area contributed by atoms with Crippen LogP contribution in [0.4, 0.5) is 0 Å². The molecule has 0 saturated heterocycles. The van der Waals surface area contributed by atoms with Gasteiger partial charge in [0.25, 0.3) is 0 Å². The van der Waals surface area contributed by atoms with E-state index in [-0.39, 0.29) is 19.5 Å². The maximum absolute atomic E-state index is 2.26. The van der Waals surface area contributed by atoms with Crippen molar-refractivity contribution in [3.05, 3.63) is 387 Å². The standard InChI is InChI=1S/3C24H20B.C7H8.Rh/c3*1-5-13-21(14-6-1)25(22-15-7-2-8-16-22,23-17-9-3-10-18-23)24-19-11-4-12-20-24;1-2-7-4-3-6(1)5-7;/h3*1-20H;1-2H,3-5H2;/q3*-1;;+3. The Kier molecular flexibility index (Phi) is 19.3. The number of hydrogen-bond donors (Lipinski definition) is 0. The maximum atomic E-state index is 2.26. The number of rotatable bonds is 12. The van der Waals surface area contributed by atoms with Gasteiger partial charge >= 0.3 is 19.5 Å². The quantitative estimate of drug-likeness (QED) is 0.107. The summed E-state index contributed by atoms with van der Waals surface area (Å²) < 4.78 is 0. The first-order chi connectivity index (χ1) is 40.7. The van der Waals surface area contributed by atoms with Crippen molar-refractivity contribution in [1.29, 1.82) is 0 Å². The normalized spacial score (nSPS) is 12.2. The zero-order valence-electron chi connectivity index (χ0n) is 47.0. The molecular weight excluding hydrogens is 1080 g/mol. The summed E-state index contributed by atoms with van der Waals surface area (Å²) in [5.74, 6) is 0. The molecule has 12 aromatic carbocycles. The van der Waals surface area contributed by atoms with Crippen LogP contribution >= 0.6 is 0 Å².